The molecular weight excluding hydrogens is 494 g/mol. The van der Waals surface area contributed by atoms with Crippen molar-refractivity contribution in [1.82, 2.24) is 0 Å². The summed E-state index contributed by atoms with van der Waals surface area (Å²) in [6.07, 6.45) is 46.8. The third-order valence-electron chi connectivity index (χ3n) is 9.94. The molecule has 0 radical (unpaired) electrons. The molecule has 0 aromatic heterocycles. The predicted molar refractivity (Wildman–Crippen MR) is 190 cm³/mol. The Morgan fingerprint density at radius 3 is 0.610 bits per heavy atom. The van der Waals surface area contributed by atoms with Crippen LogP contribution in [-0.4, -0.2) is 30.7 Å². The molecule has 0 aliphatic rings. The number of rotatable bonds is 36. The van der Waals surface area contributed by atoms with Crippen molar-refractivity contribution in [1.29, 1.82) is 0 Å². The third kappa shape index (κ3) is 29.8. The fourth-order valence-electron chi connectivity index (χ4n) is 6.97. The van der Waals surface area contributed by atoms with Crippen LogP contribution in [0.25, 0.3) is 0 Å². The zero-order valence-corrected chi connectivity index (χ0v) is 29.9. The molecule has 1 unspecified atom stereocenters. The van der Waals surface area contributed by atoms with Crippen molar-refractivity contribution < 1.29 is 4.48 Å². The largest absolute Gasteiger partial charge is 0.324 e. The predicted octanol–water partition coefficient (Wildman–Crippen LogP) is 14.4. The molecule has 0 fully saturated rings. The number of hydrogen-bond acceptors (Lipinski definition) is 0. The third-order valence-corrected chi connectivity index (χ3v) is 9.94. The van der Waals surface area contributed by atoms with E-state index in [9.17, 15) is 0 Å². The molecule has 0 spiro atoms. The molecule has 0 amide bonds. The van der Waals surface area contributed by atoms with Crippen LogP contribution in [0.3, 0.4) is 0 Å². The fraction of sp³-hybridized carbons (Fsp3) is 1.00. The van der Waals surface area contributed by atoms with Crippen LogP contribution in [0, 0.1) is 0 Å². The van der Waals surface area contributed by atoms with Gasteiger partial charge in [0.25, 0.3) is 0 Å². The molecule has 0 rings (SSSR count). The second-order valence-corrected chi connectivity index (χ2v) is 14.1. The van der Waals surface area contributed by atoms with Gasteiger partial charge >= 0.3 is 0 Å². The van der Waals surface area contributed by atoms with E-state index in [0.29, 0.717) is 0 Å². The summed E-state index contributed by atoms with van der Waals surface area (Å²) >= 11 is 0. The highest BCUT2D eigenvalue weighted by Crippen LogP contribution is 2.20. The Labute approximate surface area is 263 Å². The van der Waals surface area contributed by atoms with Crippen LogP contribution in [0.15, 0.2) is 0 Å². The first-order valence-corrected chi connectivity index (χ1v) is 20.1. The van der Waals surface area contributed by atoms with Gasteiger partial charge in [0.15, 0.2) is 0 Å². The second-order valence-electron chi connectivity index (χ2n) is 14.1. The molecule has 0 aliphatic heterocycles. The SMILES string of the molecule is CCCCCCCCCCCCCCCCCC[N+](CCCC)(CCCCCC)CCCCCCCCCCCC. The van der Waals surface area contributed by atoms with Crippen LogP contribution < -0.4 is 0 Å². The normalized spacial score (nSPS) is 13.2. The Morgan fingerprint density at radius 1 is 0.195 bits per heavy atom. The van der Waals surface area contributed by atoms with Crippen LogP contribution in [0.2, 0.25) is 0 Å². The Morgan fingerprint density at radius 2 is 0.366 bits per heavy atom. The number of hydrogen-bond donors (Lipinski definition) is 0. The minimum Gasteiger partial charge on any atom is -0.324 e. The van der Waals surface area contributed by atoms with E-state index in [-0.39, 0.29) is 0 Å². The van der Waals surface area contributed by atoms with E-state index in [1.54, 1.807) is 0 Å². The van der Waals surface area contributed by atoms with Gasteiger partial charge in [0, 0.05) is 0 Å². The highest BCUT2D eigenvalue weighted by atomic mass is 15.3. The molecule has 0 aromatic rings. The molecule has 0 N–H and O–H groups in total. The summed E-state index contributed by atoms with van der Waals surface area (Å²) < 4.78 is 1.47. The summed E-state index contributed by atoms with van der Waals surface area (Å²) in [6, 6.07) is 0. The lowest BCUT2D eigenvalue weighted by atomic mass is 10.0. The maximum Gasteiger partial charge on any atom is 0.0786 e. The lowest BCUT2D eigenvalue weighted by Gasteiger charge is -2.39. The topological polar surface area (TPSA) is 0 Å². The zero-order chi connectivity index (χ0) is 30.0. The first kappa shape index (κ1) is 41.0. The van der Waals surface area contributed by atoms with Gasteiger partial charge in [-0.1, -0.05) is 188 Å². The average Bonchev–Trinajstić information content (AvgIpc) is 2.99. The summed E-state index contributed by atoms with van der Waals surface area (Å²) in [5.41, 5.74) is 0. The first-order valence-electron chi connectivity index (χ1n) is 20.1. The molecule has 0 saturated carbocycles. The second kappa shape index (κ2) is 34.5. The van der Waals surface area contributed by atoms with Crippen LogP contribution in [-0.2, 0) is 0 Å². The monoisotopic (exact) mass is 579 g/mol. The summed E-state index contributed by atoms with van der Waals surface area (Å²) in [6.45, 7) is 15.3. The number of unbranched alkanes of at least 4 members (excludes halogenated alkanes) is 28. The molecule has 1 heteroatoms. The molecule has 41 heavy (non-hydrogen) atoms. The summed E-state index contributed by atoms with van der Waals surface area (Å²) in [5, 5.41) is 0. The minimum absolute atomic E-state index is 1.37. The molecule has 0 saturated heterocycles. The van der Waals surface area contributed by atoms with Crippen LogP contribution >= 0.6 is 0 Å². The lowest BCUT2D eigenvalue weighted by molar-refractivity contribution is -0.929. The zero-order valence-electron chi connectivity index (χ0n) is 29.9. The Bertz CT molecular complexity index is 460. The van der Waals surface area contributed by atoms with E-state index in [4.69, 9.17) is 0 Å². The van der Waals surface area contributed by atoms with Gasteiger partial charge in [-0.15, -0.1) is 0 Å². The average molecular weight is 579 g/mol. The summed E-state index contributed by atoms with van der Waals surface area (Å²) in [5.74, 6) is 0. The van der Waals surface area contributed by atoms with Crippen LogP contribution in [0.5, 0.6) is 0 Å². The maximum atomic E-state index is 2.40. The molecule has 248 valence electrons. The van der Waals surface area contributed by atoms with E-state index in [1.165, 1.54) is 236 Å². The van der Waals surface area contributed by atoms with Gasteiger partial charge in [-0.25, -0.2) is 0 Å². The molecule has 1 atom stereocenters. The molecule has 0 aromatic carbocycles. The Balaban J connectivity index is 4.14. The van der Waals surface area contributed by atoms with Crippen molar-refractivity contribution in [2.45, 2.75) is 233 Å². The Hall–Kier alpha value is -0.0400. The standard InChI is InChI=1S/C40H84N/c1-5-9-13-16-18-20-22-23-24-25-26-27-29-31-33-36-40-41(37-12-8-4,38-34-15-11-7-3)39-35-32-30-28-21-19-17-14-10-6-2/h5-40H2,1-4H3/q+1. The molecular formula is C40H84N+. The molecule has 0 bridgehead atoms. The van der Waals surface area contributed by atoms with Gasteiger partial charge in [0.2, 0.25) is 0 Å². The van der Waals surface area contributed by atoms with Crippen molar-refractivity contribution in [2.24, 2.45) is 0 Å². The van der Waals surface area contributed by atoms with Crippen molar-refractivity contribution in [3.05, 3.63) is 0 Å². The quantitative estimate of drug-likeness (QED) is 0.0512. The van der Waals surface area contributed by atoms with E-state index in [2.05, 4.69) is 27.7 Å². The van der Waals surface area contributed by atoms with Crippen LogP contribution in [0.4, 0.5) is 0 Å². The lowest BCUT2D eigenvalue weighted by Crippen LogP contribution is -2.50. The van der Waals surface area contributed by atoms with Crippen molar-refractivity contribution in [2.75, 3.05) is 26.2 Å². The Kier molecular flexibility index (Phi) is 34.4. The molecule has 1 nitrogen and oxygen atoms in total. The van der Waals surface area contributed by atoms with E-state index in [1.807, 2.05) is 0 Å². The van der Waals surface area contributed by atoms with Gasteiger partial charge in [0.05, 0.1) is 26.2 Å². The summed E-state index contributed by atoms with van der Waals surface area (Å²) in [7, 11) is 0. The molecule has 0 aliphatic carbocycles. The first-order chi connectivity index (χ1) is 20.2. The van der Waals surface area contributed by atoms with Gasteiger partial charge in [-0.3, -0.25) is 0 Å². The van der Waals surface area contributed by atoms with E-state index >= 15 is 0 Å². The summed E-state index contributed by atoms with van der Waals surface area (Å²) in [4.78, 5) is 0. The van der Waals surface area contributed by atoms with Crippen molar-refractivity contribution >= 4 is 0 Å². The van der Waals surface area contributed by atoms with E-state index in [0.717, 1.165) is 0 Å². The smallest absolute Gasteiger partial charge is 0.0786 e. The van der Waals surface area contributed by atoms with Crippen molar-refractivity contribution in [3.63, 3.8) is 0 Å². The van der Waals surface area contributed by atoms with Crippen molar-refractivity contribution in [3.8, 4) is 0 Å². The number of nitrogens with zero attached hydrogens (tertiary/aromatic N) is 1. The van der Waals surface area contributed by atoms with Gasteiger partial charge < -0.3 is 4.48 Å². The highest BCUT2D eigenvalue weighted by molar-refractivity contribution is 4.55. The van der Waals surface area contributed by atoms with Crippen LogP contribution in [0.1, 0.15) is 233 Å². The number of quaternary nitrogens is 1. The minimum atomic E-state index is 1.37. The van der Waals surface area contributed by atoms with Gasteiger partial charge in [-0.2, -0.15) is 0 Å². The van der Waals surface area contributed by atoms with Gasteiger partial charge in [0.1, 0.15) is 0 Å². The van der Waals surface area contributed by atoms with Gasteiger partial charge in [-0.05, 0) is 44.9 Å². The highest BCUT2D eigenvalue weighted by Gasteiger charge is 2.25. The fourth-order valence-corrected chi connectivity index (χ4v) is 6.97. The maximum absolute atomic E-state index is 2.40. The molecule has 0 heterocycles. The van der Waals surface area contributed by atoms with E-state index < -0.39 is 0 Å².